The molecule has 1 saturated heterocycles. The minimum absolute atomic E-state index is 1.01. The van der Waals surface area contributed by atoms with E-state index < -0.39 is 0 Å². The molecule has 14 heavy (non-hydrogen) atoms. The van der Waals surface area contributed by atoms with Crippen LogP contribution in [0.25, 0.3) is 0 Å². The van der Waals surface area contributed by atoms with Crippen LogP contribution in [-0.4, -0.2) is 24.3 Å². The highest BCUT2D eigenvalue weighted by atomic mass is 79.9. The van der Waals surface area contributed by atoms with Gasteiger partial charge in [-0.05, 0) is 37.1 Å². The zero-order valence-electron chi connectivity index (χ0n) is 7.99. The number of aliphatic imine (C=N–C) groups is 1. The molecule has 0 radical (unpaired) electrons. The molecule has 0 atom stereocenters. The maximum absolute atomic E-state index is 4.41. The summed E-state index contributed by atoms with van der Waals surface area (Å²) in [5, 5.41) is 0. The fraction of sp³-hybridized carbons (Fsp3) is 0.364. The fourth-order valence-electron chi connectivity index (χ4n) is 1.53. The van der Waals surface area contributed by atoms with Gasteiger partial charge in [0.25, 0.3) is 0 Å². The minimum Gasteiger partial charge on any atom is -0.363 e. The molecule has 1 aliphatic heterocycles. The van der Waals surface area contributed by atoms with Gasteiger partial charge in [0, 0.05) is 17.6 Å². The van der Waals surface area contributed by atoms with Crippen LogP contribution >= 0.6 is 15.9 Å². The van der Waals surface area contributed by atoms with Crippen LogP contribution in [0.4, 0.5) is 5.69 Å². The van der Waals surface area contributed by atoms with E-state index in [1.165, 1.54) is 12.8 Å². The van der Waals surface area contributed by atoms with Crippen molar-refractivity contribution in [3.8, 4) is 0 Å². The summed E-state index contributed by atoms with van der Waals surface area (Å²) in [4.78, 5) is 6.68. The average Bonchev–Trinajstić information content (AvgIpc) is 2.70. The summed E-state index contributed by atoms with van der Waals surface area (Å²) in [5.41, 5.74) is 1.01. The number of rotatable bonds is 2. The first kappa shape index (κ1) is 9.71. The highest BCUT2D eigenvalue weighted by Gasteiger charge is 2.06. The topological polar surface area (TPSA) is 15.6 Å². The van der Waals surface area contributed by atoms with Crippen LogP contribution in [0.1, 0.15) is 12.8 Å². The first-order chi connectivity index (χ1) is 6.84. The first-order valence-corrected chi connectivity index (χ1v) is 5.68. The SMILES string of the molecule is Brc1ccc(N=CN2CCCC2)cc1. The Morgan fingerprint density at radius 3 is 2.43 bits per heavy atom. The lowest BCUT2D eigenvalue weighted by atomic mass is 10.3. The van der Waals surface area contributed by atoms with E-state index in [0.717, 1.165) is 23.2 Å². The molecule has 0 N–H and O–H groups in total. The Kier molecular flexibility index (Phi) is 3.19. The molecule has 1 aliphatic rings. The quantitative estimate of drug-likeness (QED) is 0.583. The summed E-state index contributed by atoms with van der Waals surface area (Å²) >= 11 is 3.40. The summed E-state index contributed by atoms with van der Waals surface area (Å²) in [7, 11) is 0. The molecule has 0 amide bonds. The van der Waals surface area contributed by atoms with E-state index in [4.69, 9.17) is 0 Å². The molecule has 0 unspecified atom stereocenters. The van der Waals surface area contributed by atoms with Crippen molar-refractivity contribution in [2.45, 2.75) is 12.8 Å². The highest BCUT2D eigenvalue weighted by Crippen LogP contribution is 2.16. The van der Waals surface area contributed by atoms with E-state index >= 15 is 0 Å². The van der Waals surface area contributed by atoms with Gasteiger partial charge in [0.15, 0.2) is 0 Å². The standard InChI is InChI=1S/C11H13BrN2/c12-10-3-5-11(6-4-10)13-9-14-7-1-2-8-14/h3-6,9H,1-2,7-8H2. The predicted octanol–water partition coefficient (Wildman–Crippen LogP) is 3.20. The summed E-state index contributed by atoms with van der Waals surface area (Å²) in [5.74, 6) is 0. The Morgan fingerprint density at radius 2 is 1.79 bits per heavy atom. The van der Waals surface area contributed by atoms with Crippen molar-refractivity contribution in [2.75, 3.05) is 13.1 Å². The summed E-state index contributed by atoms with van der Waals surface area (Å²) < 4.78 is 1.10. The lowest BCUT2D eigenvalue weighted by Gasteiger charge is -2.08. The number of hydrogen-bond donors (Lipinski definition) is 0. The second kappa shape index (κ2) is 4.60. The Labute approximate surface area is 92.8 Å². The van der Waals surface area contributed by atoms with Crippen molar-refractivity contribution in [2.24, 2.45) is 4.99 Å². The molecule has 0 aliphatic carbocycles. The van der Waals surface area contributed by atoms with Crippen LogP contribution in [-0.2, 0) is 0 Å². The molecule has 0 aromatic heterocycles. The van der Waals surface area contributed by atoms with Gasteiger partial charge in [0.05, 0.1) is 12.0 Å². The monoisotopic (exact) mass is 252 g/mol. The highest BCUT2D eigenvalue weighted by molar-refractivity contribution is 9.10. The van der Waals surface area contributed by atoms with Gasteiger partial charge in [-0.15, -0.1) is 0 Å². The van der Waals surface area contributed by atoms with Gasteiger partial charge in [-0.1, -0.05) is 15.9 Å². The van der Waals surface area contributed by atoms with E-state index in [0.29, 0.717) is 0 Å². The van der Waals surface area contributed by atoms with Gasteiger partial charge >= 0.3 is 0 Å². The third kappa shape index (κ3) is 2.58. The molecular formula is C11H13BrN2. The van der Waals surface area contributed by atoms with Crippen LogP contribution in [0, 0.1) is 0 Å². The molecule has 0 saturated carbocycles. The summed E-state index contributed by atoms with van der Waals surface area (Å²) in [6.45, 7) is 2.31. The number of hydrogen-bond acceptors (Lipinski definition) is 1. The minimum atomic E-state index is 1.01. The van der Waals surface area contributed by atoms with Crippen molar-refractivity contribution < 1.29 is 0 Å². The lowest BCUT2D eigenvalue weighted by molar-refractivity contribution is 0.536. The predicted molar refractivity (Wildman–Crippen MR) is 63.1 cm³/mol. The Hall–Kier alpha value is -0.830. The molecule has 1 aromatic rings. The maximum Gasteiger partial charge on any atom is 0.0912 e. The number of halogens is 1. The molecule has 0 spiro atoms. The van der Waals surface area contributed by atoms with E-state index in [2.05, 4.69) is 25.8 Å². The van der Waals surface area contributed by atoms with Crippen molar-refractivity contribution in [3.63, 3.8) is 0 Å². The smallest absolute Gasteiger partial charge is 0.0912 e. The van der Waals surface area contributed by atoms with E-state index in [1.807, 2.05) is 30.6 Å². The molecular weight excluding hydrogens is 240 g/mol. The van der Waals surface area contributed by atoms with Gasteiger partial charge in [0.2, 0.25) is 0 Å². The van der Waals surface area contributed by atoms with Gasteiger partial charge in [0.1, 0.15) is 0 Å². The summed E-state index contributed by atoms with van der Waals surface area (Å²) in [6.07, 6.45) is 4.55. The zero-order chi connectivity index (χ0) is 9.80. The molecule has 3 heteroatoms. The Bertz CT molecular complexity index is 313. The normalized spacial score (nSPS) is 16.8. The second-order valence-corrected chi connectivity index (χ2v) is 4.38. The van der Waals surface area contributed by atoms with Crippen molar-refractivity contribution in [3.05, 3.63) is 28.7 Å². The first-order valence-electron chi connectivity index (χ1n) is 4.88. The van der Waals surface area contributed by atoms with E-state index in [9.17, 15) is 0 Å². The van der Waals surface area contributed by atoms with Crippen molar-refractivity contribution >= 4 is 28.0 Å². The van der Waals surface area contributed by atoms with Crippen LogP contribution in [0.15, 0.2) is 33.7 Å². The second-order valence-electron chi connectivity index (χ2n) is 3.46. The molecule has 2 rings (SSSR count). The van der Waals surface area contributed by atoms with Crippen LogP contribution in [0.2, 0.25) is 0 Å². The lowest BCUT2D eigenvalue weighted by Crippen LogP contribution is -2.15. The fourth-order valence-corrected chi connectivity index (χ4v) is 1.80. The van der Waals surface area contributed by atoms with Gasteiger partial charge < -0.3 is 4.90 Å². The zero-order valence-corrected chi connectivity index (χ0v) is 9.57. The molecule has 1 aromatic carbocycles. The number of benzene rings is 1. The largest absolute Gasteiger partial charge is 0.363 e. The molecule has 1 fully saturated rings. The van der Waals surface area contributed by atoms with Crippen LogP contribution in [0.3, 0.4) is 0 Å². The average molecular weight is 253 g/mol. The molecule has 0 bridgehead atoms. The molecule has 2 nitrogen and oxygen atoms in total. The van der Waals surface area contributed by atoms with Gasteiger partial charge in [-0.2, -0.15) is 0 Å². The maximum atomic E-state index is 4.41. The molecule has 74 valence electrons. The van der Waals surface area contributed by atoms with Crippen LogP contribution < -0.4 is 0 Å². The van der Waals surface area contributed by atoms with Gasteiger partial charge in [-0.25, -0.2) is 4.99 Å². The third-order valence-corrected chi connectivity index (χ3v) is 2.87. The van der Waals surface area contributed by atoms with Gasteiger partial charge in [-0.3, -0.25) is 0 Å². The number of likely N-dealkylation sites (tertiary alicyclic amines) is 1. The number of nitrogens with zero attached hydrogens (tertiary/aromatic N) is 2. The third-order valence-electron chi connectivity index (χ3n) is 2.34. The molecule has 1 heterocycles. The Morgan fingerprint density at radius 1 is 1.14 bits per heavy atom. The van der Waals surface area contributed by atoms with Crippen molar-refractivity contribution in [1.29, 1.82) is 0 Å². The van der Waals surface area contributed by atoms with E-state index in [-0.39, 0.29) is 0 Å². The van der Waals surface area contributed by atoms with Crippen molar-refractivity contribution in [1.82, 2.24) is 4.90 Å². The van der Waals surface area contributed by atoms with Crippen LogP contribution in [0.5, 0.6) is 0 Å². The Balaban J connectivity index is 1.99. The van der Waals surface area contributed by atoms with E-state index in [1.54, 1.807) is 0 Å². The summed E-state index contributed by atoms with van der Waals surface area (Å²) in [6, 6.07) is 8.04.